The summed E-state index contributed by atoms with van der Waals surface area (Å²) in [6, 6.07) is 2.54. The molecule has 1 atom stereocenters. The maximum atomic E-state index is 11.9. The molecule has 106 valence electrons. The first-order valence-corrected chi connectivity index (χ1v) is 6.92. The maximum Gasteiger partial charge on any atom is 0.287 e. The van der Waals surface area contributed by atoms with E-state index in [2.05, 4.69) is 26.6 Å². The summed E-state index contributed by atoms with van der Waals surface area (Å²) in [5.41, 5.74) is -0.288. The topological polar surface area (TPSA) is 71.3 Å². The summed E-state index contributed by atoms with van der Waals surface area (Å²) in [7, 11) is 0. The molecule has 0 fully saturated rings. The van der Waals surface area contributed by atoms with Gasteiger partial charge in [0.2, 0.25) is 5.91 Å². The highest BCUT2D eigenvalue weighted by Gasteiger charge is 2.23. The van der Waals surface area contributed by atoms with Crippen LogP contribution in [0.2, 0.25) is 0 Å². The van der Waals surface area contributed by atoms with Crippen LogP contribution in [0.25, 0.3) is 0 Å². The molecular weight excluding hydrogens is 312 g/mol. The van der Waals surface area contributed by atoms with Crippen molar-refractivity contribution in [3.63, 3.8) is 0 Å². The maximum absolute atomic E-state index is 11.9. The first-order chi connectivity index (χ1) is 8.75. The monoisotopic (exact) mass is 330 g/mol. The van der Waals surface area contributed by atoms with Crippen molar-refractivity contribution in [2.45, 2.75) is 45.7 Å². The summed E-state index contributed by atoms with van der Waals surface area (Å²) in [6.07, 6.45) is 0.810. The molecule has 6 heteroatoms. The van der Waals surface area contributed by atoms with Crippen molar-refractivity contribution in [3.05, 3.63) is 22.6 Å². The number of hydrogen-bond donors (Lipinski definition) is 2. The molecule has 1 rings (SSSR count). The van der Waals surface area contributed by atoms with Crippen LogP contribution in [0, 0.1) is 0 Å². The van der Waals surface area contributed by atoms with Crippen LogP contribution in [0.15, 0.2) is 21.2 Å². The Morgan fingerprint density at radius 3 is 2.53 bits per heavy atom. The molecule has 0 spiro atoms. The van der Waals surface area contributed by atoms with Crippen LogP contribution in [-0.2, 0) is 4.79 Å². The van der Waals surface area contributed by atoms with Crippen molar-refractivity contribution in [1.29, 1.82) is 0 Å². The lowest BCUT2D eigenvalue weighted by atomic mass is 10.0. The average molecular weight is 331 g/mol. The molecule has 0 saturated carbocycles. The molecule has 0 radical (unpaired) electrons. The van der Waals surface area contributed by atoms with Gasteiger partial charge in [0.1, 0.15) is 6.04 Å². The Labute approximate surface area is 121 Å². The Morgan fingerprint density at radius 1 is 1.42 bits per heavy atom. The van der Waals surface area contributed by atoms with Gasteiger partial charge in [0.15, 0.2) is 10.4 Å². The highest BCUT2D eigenvalue weighted by molar-refractivity contribution is 9.10. The zero-order valence-electron chi connectivity index (χ0n) is 11.5. The third-order valence-electron chi connectivity index (χ3n) is 2.88. The molecular formula is C13H19BrN2O3. The number of rotatable bonds is 5. The van der Waals surface area contributed by atoms with Crippen molar-refractivity contribution < 1.29 is 14.0 Å². The van der Waals surface area contributed by atoms with E-state index >= 15 is 0 Å². The Hall–Kier alpha value is -1.30. The number of halogens is 1. The van der Waals surface area contributed by atoms with Gasteiger partial charge in [-0.2, -0.15) is 0 Å². The Bertz CT molecular complexity index is 468. The minimum atomic E-state index is -0.623. The summed E-state index contributed by atoms with van der Waals surface area (Å²) in [5, 5.41) is 5.46. The summed E-state index contributed by atoms with van der Waals surface area (Å²) in [6.45, 7) is 7.49. The van der Waals surface area contributed by atoms with Crippen LogP contribution >= 0.6 is 15.9 Å². The molecule has 0 aliphatic rings. The standard InChI is InChI=1S/C13H19BrN2O3/c1-5-13(3,4)16-11(17)8(2)15-12(18)9-6-7-10(14)19-9/h6-8H,5H2,1-4H3,(H,15,18)(H,16,17)/t8-/m0/s1. The van der Waals surface area contributed by atoms with Gasteiger partial charge >= 0.3 is 0 Å². The SMILES string of the molecule is CCC(C)(C)NC(=O)[C@H](C)NC(=O)c1ccc(Br)o1. The fourth-order valence-corrected chi connectivity index (χ4v) is 1.61. The lowest BCUT2D eigenvalue weighted by molar-refractivity contribution is -0.124. The molecule has 0 aliphatic heterocycles. The smallest absolute Gasteiger partial charge is 0.287 e. The van der Waals surface area contributed by atoms with Gasteiger partial charge < -0.3 is 15.1 Å². The second kappa shape index (κ2) is 6.23. The Kier molecular flexibility index (Phi) is 5.17. The van der Waals surface area contributed by atoms with Crippen molar-refractivity contribution in [2.24, 2.45) is 0 Å². The minimum Gasteiger partial charge on any atom is -0.444 e. The fraction of sp³-hybridized carbons (Fsp3) is 0.538. The molecule has 2 N–H and O–H groups in total. The summed E-state index contributed by atoms with van der Waals surface area (Å²) >= 11 is 3.12. The zero-order valence-corrected chi connectivity index (χ0v) is 13.1. The molecule has 2 amide bonds. The van der Waals surface area contributed by atoms with Crippen LogP contribution in [0.3, 0.4) is 0 Å². The summed E-state index contributed by atoms with van der Waals surface area (Å²) in [4.78, 5) is 23.7. The number of carbonyl (C=O) groups excluding carboxylic acids is 2. The van der Waals surface area contributed by atoms with E-state index in [1.54, 1.807) is 19.1 Å². The van der Waals surface area contributed by atoms with E-state index in [4.69, 9.17) is 4.42 Å². The Morgan fingerprint density at radius 2 is 2.05 bits per heavy atom. The average Bonchev–Trinajstić information content (AvgIpc) is 2.75. The lowest BCUT2D eigenvalue weighted by Gasteiger charge is -2.26. The quantitative estimate of drug-likeness (QED) is 0.871. The third kappa shape index (κ3) is 4.70. The van der Waals surface area contributed by atoms with Crippen molar-refractivity contribution in [3.8, 4) is 0 Å². The third-order valence-corrected chi connectivity index (χ3v) is 3.31. The first kappa shape index (κ1) is 15.8. The number of carbonyl (C=O) groups is 2. The Balaban J connectivity index is 2.57. The second-order valence-corrected chi connectivity index (χ2v) is 5.81. The van der Waals surface area contributed by atoms with Gasteiger partial charge in [-0.05, 0) is 55.3 Å². The van der Waals surface area contributed by atoms with Crippen LogP contribution in [0.4, 0.5) is 0 Å². The van der Waals surface area contributed by atoms with E-state index < -0.39 is 11.9 Å². The van der Waals surface area contributed by atoms with E-state index in [9.17, 15) is 9.59 Å². The van der Waals surface area contributed by atoms with Gasteiger partial charge in [0.05, 0.1) is 0 Å². The molecule has 19 heavy (non-hydrogen) atoms. The molecule has 5 nitrogen and oxygen atoms in total. The summed E-state index contributed by atoms with van der Waals surface area (Å²) < 4.78 is 5.59. The van der Waals surface area contributed by atoms with Gasteiger partial charge in [-0.15, -0.1) is 0 Å². The normalized spacial score (nSPS) is 12.9. The number of amides is 2. The van der Waals surface area contributed by atoms with Gasteiger partial charge in [-0.3, -0.25) is 9.59 Å². The van der Waals surface area contributed by atoms with E-state index in [1.807, 2.05) is 20.8 Å². The van der Waals surface area contributed by atoms with E-state index in [-0.39, 0.29) is 17.2 Å². The predicted octanol–water partition coefficient (Wildman–Crippen LogP) is 2.47. The number of furan rings is 1. The molecule has 0 saturated heterocycles. The highest BCUT2D eigenvalue weighted by Crippen LogP contribution is 2.14. The molecule has 0 bridgehead atoms. The van der Waals surface area contributed by atoms with Crippen LogP contribution in [0.5, 0.6) is 0 Å². The van der Waals surface area contributed by atoms with Gasteiger partial charge in [0.25, 0.3) is 5.91 Å². The highest BCUT2D eigenvalue weighted by atomic mass is 79.9. The molecule has 0 aromatic carbocycles. The van der Waals surface area contributed by atoms with Gasteiger partial charge in [-0.1, -0.05) is 6.92 Å². The van der Waals surface area contributed by atoms with Crippen LogP contribution < -0.4 is 10.6 Å². The van der Waals surface area contributed by atoms with E-state index in [0.29, 0.717) is 4.67 Å². The number of nitrogens with one attached hydrogen (secondary N) is 2. The van der Waals surface area contributed by atoms with Gasteiger partial charge in [-0.25, -0.2) is 0 Å². The molecule has 1 aromatic rings. The van der Waals surface area contributed by atoms with E-state index in [1.165, 1.54) is 0 Å². The first-order valence-electron chi connectivity index (χ1n) is 6.13. The van der Waals surface area contributed by atoms with Gasteiger partial charge in [0, 0.05) is 5.54 Å². The minimum absolute atomic E-state index is 0.168. The molecule has 1 heterocycles. The van der Waals surface area contributed by atoms with Crippen molar-refractivity contribution in [1.82, 2.24) is 10.6 Å². The zero-order chi connectivity index (χ0) is 14.6. The number of hydrogen-bond acceptors (Lipinski definition) is 3. The fourth-order valence-electron chi connectivity index (χ4n) is 1.30. The second-order valence-electron chi connectivity index (χ2n) is 5.03. The van der Waals surface area contributed by atoms with Crippen LogP contribution in [-0.4, -0.2) is 23.4 Å². The summed E-state index contributed by atoms with van der Waals surface area (Å²) in [5.74, 6) is -0.463. The predicted molar refractivity (Wildman–Crippen MR) is 75.8 cm³/mol. The van der Waals surface area contributed by atoms with Crippen molar-refractivity contribution >= 4 is 27.7 Å². The molecule has 1 aromatic heterocycles. The molecule has 0 unspecified atom stereocenters. The van der Waals surface area contributed by atoms with Crippen molar-refractivity contribution in [2.75, 3.05) is 0 Å². The van der Waals surface area contributed by atoms with Crippen LogP contribution in [0.1, 0.15) is 44.7 Å². The molecule has 0 aliphatic carbocycles. The lowest BCUT2D eigenvalue weighted by Crippen LogP contribution is -2.51. The van der Waals surface area contributed by atoms with E-state index in [0.717, 1.165) is 6.42 Å². The largest absolute Gasteiger partial charge is 0.444 e.